The average molecular weight is 402 g/mol. The van der Waals surface area contributed by atoms with Crippen molar-refractivity contribution in [3.63, 3.8) is 0 Å². The second-order valence-electron chi connectivity index (χ2n) is 9.58. The van der Waals surface area contributed by atoms with E-state index in [0.29, 0.717) is 5.56 Å². The van der Waals surface area contributed by atoms with E-state index in [0.717, 1.165) is 36.0 Å². The lowest BCUT2D eigenvalue weighted by molar-refractivity contribution is -0.0262. The van der Waals surface area contributed by atoms with E-state index in [1.54, 1.807) is 13.3 Å². The Labute approximate surface area is 176 Å². The lowest BCUT2D eigenvalue weighted by Gasteiger charge is -2.60. The minimum absolute atomic E-state index is 0.0370. The van der Waals surface area contributed by atoms with Crippen LogP contribution in [0.25, 0.3) is 11.0 Å². The van der Waals surface area contributed by atoms with E-state index in [4.69, 9.17) is 0 Å². The van der Waals surface area contributed by atoms with E-state index >= 15 is 0 Å². The number of likely N-dealkylation sites (tertiary alicyclic amines) is 1. The largest absolute Gasteiger partial charge is 0.345 e. The summed E-state index contributed by atoms with van der Waals surface area (Å²) in [5, 5.41) is 0. The number of carbonyl (C=O) groups excluding carboxylic acids is 2. The maximum absolute atomic E-state index is 13.6. The summed E-state index contributed by atoms with van der Waals surface area (Å²) >= 11 is 0. The van der Waals surface area contributed by atoms with Gasteiger partial charge in [0.25, 0.3) is 5.91 Å². The van der Waals surface area contributed by atoms with Gasteiger partial charge in [0.05, 0.1) is 17.4 Å². The van der Waals surface area contributed by atoms with Crippen molar-refractivity contribution >= 4 is 22.7 Å². The summed E-state index contributed by atoms with van der Waals surface area (Å²) in [6, 6.07) is 11.9. The Morgan fingerprint density at radius 3 is 2.63 bits per heavy atom. The molecule has 5 heteroatoms. The smallest absolute Gasteiger partial charge is 0.254 e. The molecule has 1 aliphatic carbocycles. The number of imidazole rings is 1. The molecule has 0 saturated carbocycles. The molecule has 5 rings (SSSR count). The third-order valence-electron chi connectivity index (χ3n) is 7.93. The first kappa shape index (κ1) is 19.0. The summed E-state index contributed by atoms with van der Waals surface area (Å²) in [5.74, 6) is 0.150. The third kappa shape index (κ3) is 2.51. The first-order valence-corrected chi connectivity index (χ1v) is 10.6. The van der Waals surface area contributed by atoms with Crippen LogP contribution in [0, 0.1) is 5.41 Å². The van der Waals surface area contributed by atoms with Gasteiger partial charge < -0.3 is 9.88 Å². The summed E-state index contributed by atoms with van der Waals surface area (Å²) in [7, 11) is 0. The highest BCUT2D eigenvalue weighted by molar-refractivity contribution is 5.98. The molecule has 1 N–H and O–H groups in total. The van der Waals surface area contributed by atoms with E-state index in [2.05, 4.69) is 41.7 Å². The lowest BCUT2D eigenvalue weighted by atomic mass is 9.51. The molecular weight excluding hydrogens is 374 g/mol. The van der Waals surface area contributed by atoms with Crippen molar-refractivity contribution in [2.24, 2.45) is 5.41 Å². The maximum Gasteiger partial charge on any atom is 0.254 e. The van der Waals surface area contributed by atoms with Gasteiger partial charge >= 0.3 is 0 Å². The molecule has 0 radical (unpaired) electrons. The molecule has 154 valence electrons. The molecule has 3 aromatic rings. The third-order valence-corrected chi connectivity index (χ3v) is 7.93. The van der Waals surface area contributed by atoms with Crippen LogP contribution >= 0.6 is 0 Å². The van der Waals surface area contributed by atoms with Crippen molar-refractivity contribution in [1.82, 2.24) is 14.9 Å². The molecule has 0 spiro atoms. The van der Waals surface area contributed by atoms with E-state index in [1.807, 2.05) is 30.3 Å². The Morgan fingerprint density at radius 1 is 1.10 bits per heavy atom. The normalized spacial score (nSPS) is 24.5. The number of H-pyrrole nitrogens is 1. The van der Waals surface area contributed by atoms with Crippen LogP contribution in [0.15, 0.2) is 42.7 Å². The van der Waals surface area contributed by atoms with E-state index in [9.17, 15) is 9.59 Å². The van der Waals surface area contributed by atoms with Crippen LogP contribution in [0.2, 0.25) is 0 Å². The number of piperidine rings is 1. The number of ketones is 1. The van der Waals surface area contributed by atoms with Gasteiger partial charge in [-0.15, -0.1) is 0 Å². The monoisotopic (exact) mass is 401 g/mol. The second kappa shape index (κ2) is 6.27. The van der Waals surface area contributed by atoms with Crippen molar-refractivity contribution in [3.05, 3.63) is 65.0 Å². The van der Waals surface area contributed by atoms with Gasteiger partial charge in [-0.1, -0.05) is 32.9 Å². The number of aromatic nitrogens is 2. The van der Waals surface area contributed by atoms with Crippen molar-refractivity contribution in [2.45, 2.75) is 52.0 Å². The second-order valence-corrected chi connectivity index (χ2v) is 9.58. The van der Waals surface area contributed by atoms with Crippen LogP contribution < -0.4 is 0 Å². The average Bonchev–Trinajstić information content (AvgIpc) is 3.17. The molecule has 2 aliphatic rings. The molecule has 5 nitrogen and oxygen atoms in total. The van der Waals surface area contributed by atoms with Crippen LogP contribution in [0.1, 0.15) is 66.0 Å². The van der Waals surface area contributed by atoms with Gasteiger partial charge in [-0.2, -0.15) is 0 Å². The van der Waals surface area contributed by atoms with Crippen LogP contribution in [-0.4, -0.2) is 39.1 Å². The summed E-state index contributed by atoms with van der Waals surface area (Å²) in [6.07, 6.45) is 3.33. The van der Waals surface area contributed by atoms with Gasteiger partial charge in [-0.3, -0.25) is 9.59 Å². The Balaban J connectivity index is 1.57. The molecule has 1 saturated heterocycles. The van der Waals surface area contributed by atoms with Crippen molar-refractivity contribution in [2.75, 3.05) is 6.54 Å². The number of hydrogen-bond acceptors (Lipinski definition) is 3. The topological polar surface area (TPSA) is 66.1 Å². The summed E-state index contributed by atoms with van der Waals surface area (Å²) in [4.78, 5) is 34.9. The van der Waals surface area contributed by atoms with E-state index in [1.165, 1.54) is 11.1 Å². The number of nitrogens with one attached hydrogen (secondary N) is 1. The number of aromatic amines is 1. The molecule has 1 aliphatic heterocycles. The molecule has 2 atom stereocenters. The van der Waals surface area contributed by atoms with Gasteiger partial charge in [0.15, 0.2) is 5.78 Å². The molecule has 30 heavy (non-hydrogen) atoms. The number of hydrogen-bond donors (Lipinski definition) is 1. The van der Waals surface area contributed by atoms with Crippen LogP contribution in [0.3, 0.4) is 0 Å². The zero-order chi connectivity index (χ0) is 21.3. The SMILES string of the molecule is CC(=O)c1ccc2c(c1)C[C@H]1N(C(=O)c3ccc4nc[nH]c4c3)CC[C@]2(C)C1(C)C. The highest BCUT2D eigenvalue weighted by Crippen LogP contribution is 2.56. The van der Waals surface area contributed by atoms with E-state index < -0.39 is 0 Å². The van der Waals surface area contributed by atoms with Gasteiger partial charge in [0, 0.05) is 29.1 Å². The lowest BCUT2D eigenvalue weighted by Crippen LogP contribution is -2.64. The molecule has 2 bridgehead atoms. The number of Topliss-reactive ketones (excluding diaryl/α,β-unsaturated/α-hetero) is 1. The number of carbonyl (C=O) groups is 2. The summed E-state index contributed by atoms with van der Waals surface area (Å²) in [5.41, 5.74) is 5.60. The predicted octanol–water partition coefficient (Wildman–Crippen LogP) is 4.52. The maximum atomic E-state index is 13.6. The fourth-order valence-corrected chi connectivity index (χ4v) is 5.63. The Morgan fingerprint density at radius 2 is 1.87 bits per heavy atom. The van der Waals surface area contributed by atoms with Crippen LogP contribution in [-0.2, 0) is 11.8 Å². The minimum Gasteiger partial charge on any atom is -0.345 e. The number of fused-ring (bicyclic) bond motifs is 5. The van der Waals surface area contributed by atoms with Crippen molar-refractivity contribution < 1.29 is 9.59 Å². The number of amides is 1. The predicted molar refractivity (Wildman–Crippen MR) is 117 cm³/mol. The quantitative estimate of drug-likeness (QED) is 0.642. The standard InChI is InChI=1S/C25H27N3O2/c1-15(29)16-5-7-19-18(11-16)13-22-24(2,3)25(19,4)9-10-28(22)23(30)17-6-8-20-21(12-17)27-14-26-20/h5-8,11-12,14,22H,9-10,13H2,1-4H3,(H,26,27)/t22-,25+/m1/s1. The van der Waals surface area contributed by atoms with Crippen LogP contribution in [0.5, 0.6) is 0 Å². The fraction of sp³-hybridized carbons (Fsp3) is 0.400. The van der Waals surface area contributed by atoms with Crippen molar-refractivity contribution in [3.8, 4) is 0 Å². The zero-order valence-corrected chi connectivity index (χ0v) is 18.0. The van der Waals surface area contributed by atoms with Gasteiger partial charge in [-0.25, -0.2) is 4.98 Å². The minimum atomic E-state index is -0.0796. The number of benzene rings is 2. The van der Waals surface area contributed by atoms with Gasteiger partial charge in [0.1, 0.15) is 0 Å². The van der Waals surface area contributed by atoms with E-state index in [-0.39, 0.29) is 28.6 Å². The highest BCUT2D eigenvalue weighted by Gasteiger charge is 2.56. The molecule has 2 aromatic carbocycles. The Kier molecular flexibility index (Phi) is 3.98. The fourth-order valence-electron chi connectivity index (χ4n) is 5.63. The first-order valence-electron chi connectivity index (χ1n) is 10.6. The molecule has 1 fully saturated rings. The zero-order valence-electron chi connectivity index (χ0n) is 18.0. The van der Waals surface area contributed by atoms with Gasteiger partial charge in [-0.05, 0) is 60.6 Å². The Hall–Kier alpha value is -2.95. The number of rotatable bonds is 2. The Bertz CT molecular complexity index is 1190. The first-order chi connectivity index (χ1) is 14.2. The molecule has 1 aromatic heterocycles. The molecular formula is C25H27N3O2. The van der Waals surface area contributed by atoms with Crippen molar-refractivity contribution in [1.29, 1.82) is 0 Å². The van der Waals surface area contributed by atoms with Crippen LogP contribution in [0.4, 0.5) is 0 Å². The molecule has 2 heterocycles. The number of nitrogens with zero attached hydrogens (tertiary/aromatic N) is 2. The highest BCUT2D eigenvalue weighted by atomic mass is 16.2. The molecule has 0 unspecified atom stereocenters. The summed E-state index contributed by atoms with van der Waals surface area (Å²) in [6.45, 7) is 9.24. The van der Waals surface area contributed by atoms with Gasteiger partial charge in [0.2, 0.25) is 0 Å². The summed E-state index contributed by atoms with van der Waals surface area (Å²) < 4.78 is 0. The molecule has 1 amide bonds.